The molecule has 0 saturated carbocycles. The maximum absolute atomic E-state index is 12.9. The van der Waals surface area contributed by atoms with Gasteiger partial charge in [-0.2, -0.15) is 0 Å². The minimum Gasteiger partial charge on any atom is -0.388 e. The first-order chi connectivity index (χ1) is 10.8. The number of benzene rings is 1. The second-order valence-electron chi connectivity index (χ2n) is 6.96. The van der Waals surface area contributed by atoms with Gasteiger partial charge < -0.3 is 14.9 Å². The Morgan fingerprint density at radius 2 is 1.87 bits per heavy atom. The Balaban J connectivity index is 2.09. The zero-order chi connectivity index (χ0) is 17.0. The smallest absolute Gasteiger partial charge is 0.181 e. The van der Waals surface area contributed by atoms with Crippen molar-refractivity contribution in [3.63, 3.8) is 0 Å². The fourth-order valence-corrected chi connectivity index (χ4v) is 3.92. The average molecular weight is 341 g/mol. The third kappa shape index (κ3) is 5.36. The molecule has 1 aliphatic heterocycles. The maximum atomic E-state index is 12.9. The predicted octanol–water partition coefficient (Wildman–Crippen LogP) is 1.81. The molecule has 0 bridgehead atoms. The predicted molar refractivity (Wildman–Crippen MR) is 90.9 cm³/mol. The van der Waals surface area contributed by atoms with Crippen molar-refractivity contribution >= 4 is 11.0 Å². The lowest BCUT2D eigenvalue weighted by Gasteiger charge is -2.35. The number of nitrogens with zero attached hydrogens (tertiary/aromatic N) is 1. The van der Waals surface area contributed by atoms with E-state index in [0.29, 0.717) is 25.9 Å². The summed E-state index contributed by atoms with van der Waals surface area (Å²) in [4.78, 5) is 0. The molecule has 2 rings (SSSR count). The highest BCUT2D eigenvalue weighted by Gasteiger charge is 2.33. The van der Waals surface area contributed by atoms with Crippen molar-refractivity contribution in [1.82, 2.24) is 4.31 Å². The summed E-state index contributed by atoms with van der Waals surface area (Å²) < 4.78 is 19.8. The van der Waals surface area contributed by atoms with Gasteiger partial charge in [-0.3, -0.25) is 0 Å². The molecular formula is C17H27NO4S. The van der Waals surface area contributed by atoms with E-state index in [0.717, 1.165) is 5.56 Å². The quantitative estimate of drug-likeness (QED) is 0.857. The van der Waals surface area contributed by atoms with Crippen molar-refractivity contribution in [3.05, 3.63) is 35.9 Å². The minimum absolute atomic E-state index is 0.233. The van der Waals surface area contributed by atoms with Crippen LogP contribution in [0.4, 0.5) is 0 Å². The van der Waals surface area contributed by atoms with Gasteiger partial charge >= 0.3 is 0 Å². The molecule has 1 aromatic rings. The Hall–Kier alpha value is -0.790. The third-order valence-electron chi connectivity index (χ3n) is 3.81. The van der Waals surface area contributed by atoms with Gasteiger partial charge in [0.25, 0.3) is 0 Å². The van der Waals surface area contributed by atoms with Gasteiger partial charge in [0, 0.05) is 13.1 Å². The van der Waals surface area contributed by atoms with Crippen molar-refractivity contribution < 1.29 is 19.2 Å². The van der Waals surface area contributed by atoms with Gasteiger partial charge in [0.05, 0.1) is 10.9 Å². The number of aliphatic hydroxyl groups is 2. The lowest BCUT2D eigenvalue weighted by Crippen LogP contribution is -2.46. The number of aliphatic hydroxyl groups excluding tert-OH is 2. The molecule has 5 nitrogen and oxygen atoms in total. The average Bonchev–Trinajstić information content (AvgIpc) is 2.49. The topological polar surface area (TPSA) is 70.0 Å². The Kier molecular flexibility index (Phi) is 6.33. The van der Waals surface area contributed by atoms with Crippen LogP contribution in [0.1, 0.15) is 39.2 Å². The molecule has 2 unspecified atom stereocenters. The zero-order valence-corrected chi connectivity index (χ0v) is 14.8. The number of ether oxygens (including phenoxy) is 1. The van der Waals surface area contributed by atoms with Gasteiger partial charge in [-0.25, -0.2) is 8.51 Å². The molecule has 0 radical (unpaired) electrons. The minimum atomic E-state index is -1.19. The van der Waals surface area contributed by atoms with Crippen molar-refractivity contribution in [2.75, 3.05) is 6.54 Å². The molecule has 23 heavy (non-hydrogen) atoms. The van der Waals surface area contributed by atoms with E-state index >= 15 is 0 Å². The zero-order valence-electron chi connectivity index (χ0n) is 14.0. The molecule has 130 valence electrons. The van der Waals surface area contributed by atoms with E-state index in [1.165, 1.54) is 0 Å². The Morgan fingerprint density at radius 1 is 1.22 bits per heavy atom. The second kappa shape index (κ2) is 7.85. The van der Waals surface area contributed by atoms with Crippen LogP contribution in [0.25, 0.3) is 0 Å². The van der Waals surface area contributed by atoms with Crippen LogP contribution in [0.2, 0.25) is 0 Å². The number of rotatable bonds is 5. The van der Waals surface area contributed by atoms with Gasteiger partial charge in [0.15, 0.2) is 6.29 Å². The first-order valence-electron chi connectivity index (χ1n) is 8.00. The van der Waals surface area contributed by atoms with Crippen molar-refractivity contribution in [2.45, 2.75) is 63.4 Å². The third-order valence-corrected chi connectivity index (χ3v) is 5.61. The molecule has 4 atom stereocenters. The summed E-state index contributed by atoms with van der Waals surface area (Å²) >= 11 is 0. The van der Waals surface area contributed by atoms with Crippen LogP contribution in [-0.4, -0.2) is 48.5 Å². The summed E-state index contributed by atoms with van der Waals surface area (Å²) in [6.45, 7) is 6.86. The molecule has 0 spiro atoms. The Morgan fingerprint density at radius 3 is 2.43 bits per heavy atom. The van der Waals surface area contributed by atoms with E-state index in [-0.39, 0.29) is 10.9 Å². The number of hydrogen-bond donors (Lipinski definition) is 2. The number of hydrogen-bond acceptors (Lipinski definition) is 4. The lowest BCUT2D eigenvalue weighted by atomic mass is 10.1. The van der Waals surface area contributed by atoms with Crippen LogP contribution < -0.4 is 0 Å². The molecule has 1 saturated heterocycles. The summed E-state index contributed by atoms with van der Waals surface area (Å²) in [7, 11) is -1.19. The van der Waals surface area contributed by atoms with E-state index in [1.54, 1.807) is 0 Å². The van der Waals surface area contributed by atoms with Gasteiger partial charge in [-0.1, -0.05) is 30.3 Å². The molecule has 0 amide bonds. The molecule has 2 N–H and O–H groups in total. The van der Waals surface area contributed by atoms with Gasteiger partial charge in [0.1, 0.15) is 17.1 Å². The SMILES string of the molecule is CC(C)(C)[S@@](=O)N(Cc1ccccc1)C[C@@H]1CCC(O)C(O)O1. The normalized spacial score (nSPS) is 27.1. The van der Waals surface area contributed by atoms with Crippen LogP contribution in [0, 0.1) is 0 Å². The molecular weight excluding hydrogens is 314 g/mol. The van der Waals surface area contributed by atoms with Crippen molar-refractivity contribution in [1.29, 1.82) is 0 Å². The van der Waals surface area contributed by atoms with E-state index in [9.17, 15) is 14.4 Å². The van der Waals surface area contributed by atoms with E-state index in [2.05, 4.69) is 0 Å². The molecule has 1 aliphatic rings. The highest BCUT2D eigenvalue weighted by atomic mass is 32.2. The van der Waals surface area contributed by atoms with Crippen molar-refractivity contribution in [2.24, 2.45) is 0 Å². The molecule has 0 aliphatic carbocycles. The van der Waals surface area contributed by atoms with Crippen LogP contribution in [0.15, 0.2) is 30.3 Å². The van der Waals surface area contributed by atoms with E-state index in [4.69, 9.17) is 4.74 Å². The van der Waals surface area contributed by atoms with Crippen molar-refractivity contribution in [3.8, 4) is 0 Å². The van der Waals surface area contributed by atoms with Crippen LogP contribution in [0.3, 0.4) is 0 Å². The fraction of sp³-hybridized carbons (Fsp3) is 0.647. The lowest BCUT2D eigenvalue weighted by molar-refractivity contribution is -0.216. The highest BCUT2D eigenvalue weighted by Crippen LogP contribution is 2.23. The molecule has 1 fully saturated rings. The summed E-state index contributed by atoms with van der Waals surface area (Å²) in [5.41, 5.74) is 1.08. The Labute approximate surface area is 140 Å². The van der Waals surface area contributed by atoms with Gasteiger partial charge in [-0.15, -0.1) is 0 Å². The Bertz CT molecular complexity index is 517. The highest BCUT2D eigenvalue weighted by molar-refractivity contribution is 7.84. The van der Waals surface area contributed by atoms with Gasteiger partial charge in [-0.05, 0) is 39.2 Å². The molecule has 0 aromatic heterocycles. The molecule has 1 heterocycles. The largest absolute Gasteiger partial charge is 0.388 e. The molecule has 1 aromatic carbocycles. The summed E-state index contributed by atoms with van der Waals surface area (Å²) in [5.74, 6) is 0. The maximum Gasteiger partial charge on any atom is 0.181 e. The first kappa shape index (κ1) is 18.5. The summed E-state index contributed by atoms with van der Waals surface area (Å²) in [5, 5.41) is 19.2. The monoisotopic (exact) mass is 341 g/mol. The first-order valence-corrected chi connectivity index (χ1v) is 9.10. The standard InChI is InChI=1S/C17H27NO4S/c1-17(2,3)23(21)18(11-13-7-5-4-6-8-13)12-14-9-10-15(19)16(20)22-14/h4-8,14-16,19-20H,9-12H2,1-3H3/t14-,15?,16?,23+/m0/s1. The van der Waals surface area contributed by atoms with E-state index < -0.39 is 23.4 Å². The van der Waals surface area contributed by atoms with Gasteiger partial charge in [0.2, 0.25) is 0 Å². The van der Waals surface area contributed by atoms with E-state index in [1.807, 2.05) is 55.4 Å². The fourth-order valence-electron chi connectivity index (χ4n) is 2.58. The summed E-state index contributed by atoms with van der Waals surface area (Å²) in [6, 6.07) is 9.90. The summed E-state index contributed by atoms with van der Waals surface area (Å²) in [6.07, 6.45) is -1.08. The molecule has 6 heteroatoms. The van der Waals surface area contributed by atoms with Crippen LogP contribution in [0.5, 0.6) is 0 Å². The second-order valence-corrected chi connectivity index (χ2v) is 9.20. The van der Waals surface area contributed by atoms with Crippen LogP contribution in [-0.2, 0) is 22.3 Å². The van der Waals surface area contributed by atoms with Crippen LogP contribution >= 0.6 is 0 Å².